The second kappa shape index (κ2) is 26.2. The fourth-order valence-corrected chi connectivity index (χ4v) is 13.3. The molecule has 5 heterocycles. The molecule has 2 amide bonds. The van der Waals surface area contributed by atoms with Crippen molar-refractivity contribution >= 4 is 76.8 Å². The molecule has 3 aliphatic heterocycles. The Labute approximate surface area is 493 Å². The number of hydrogen-bond donors (Lipinski definition) is 10. The van der Waals surface area contributed by atoms with Crippen molar-refractivity contribution < 1.29 is 91.7 Å². The molecule has 33 heteroatoms. The number of nitrogens with zero attached hydrogens (tertiary/aromatic N) is 5. The number of aliphatic hydroxyl groups is 1. The number of fused-ring (bicyclic) bond motifs is 3. The van der Waals surface area contributed by atoms with Crippen molar-refractivity contribution in [2.75, 3.05) is 55.7 Å². The maximum absolute atomic E-state index is 13.5. The van der Waals surface area contributed by atoms with E-state index in [1.54, 1.807) is 0 Å². The summed E-state index contributed by atoms with van der Waals surface area (Å²) in [5.74, 6) is -0.0986. The first-order chi connectivity index (χ1) is 40.4. The predicted octanol–water partition coefficient (Wildman–Crippen LogP) is 3.38. The maximum Gasteiger partial charge on any atom is 0.481 e. The summed E-state index contributed by atoms with van der Waals surface area (Å²) < 4.78 is 124. The van der Waals surface area contributed by atoms with E-state index >= 15 is 0 Å². The lowest BCUT2D eigenvalue weighted by Crippen LogP contribution is -2.49. The maximum atomic E-state index is 13.5. The molecule has 2 aromatic carbocycles. The molecule has 2 unspecified atom stereocenters. The number of allylic oxidation sites excluding steroid dienone is 3. The lowest BCUT2D eigenvalue weighted by Gasteiger charge is -2.30. The Kier molecular flexibility index (Phi) is 19.8. The fourth-order valence-electron chi connectivity index (χ4n) is 10.7. The van der Waals surface area contributed by atoms with Crippen LogP contribution in [0, 0.1) is 6.92 Å². The molecule has 86 heavy (non-hydrogen) atoms. The molecule has 0 saturated carbocycles. The van der Waals surface area contributed by atoms with Gasteiger partial charge in [-0.2, -0.15) is 21.1 Å². The zero-order valence-electron chi connectivity index (χ0n) is 47.2. The largest absolute Gasteiger partial charge is 0.481 e. The molecule has 0 radical (unpaired) electrons. The number of imidazole rings is 1. The van der Waals surface area contributed by atoms with E-state index in [4.69, 9.17) is 29.4 Å². The van der Waals surface area contributed by atoms with E-state index in [1.807, 2.05) is 85.5 Å². The van der Waals surface area contributed by atoms with Gasteiger partial charge in [0.25, 0.3) is 31.7 Å². The Bertz CT molecular complexity index is 4050. The summed E-state index contributed by atoms with van der Waals surface area (Å²) in [5.41, 5.74) is 8.74. The highest BCUT2D eigenvalue weighted by molar-refractivity contribution is 7.86. The van der Waals surface area contributed by atoms with Crippen LogP contribution in [-0.4, -0.2) is 136 Å². The zero-order valence-corrected chi connectivity index (χ0v) is 50.6. The van der Waals surface area contributed by atoms with Crippen LogP contribution in [-0.2, 0) is 64.9 Å². The number of anilines is 2. The summed E-state index contributed by atoms with van der Waals surface area (Å²) in [6.45, 7) is 8.06. The number of aryl methyl sites for hydroxylation is 1. The number of benzene rings is 3. The van der Waals surface area contributed by atoms with Crippen LogP contribution in [0.15, 0.2) is 105 Å². The van der Waals surface area contributed by atoms with Gasteiger partial charge >= 0.3 is 27.4 Å². The summed E-state index contributed by atoms with van der Waals surface area (Å²) in [4.78, 5) is 75.5. The molecule has 1 aliphatic carbocycles. The first-order valence-electron chi connectivity index (χ1n) is 26.9. The molecule has 11 N–H and O–H groups in total. The van der Waals surface area contributed by atoms with Gasteiger partial charge in [-0.1, -0.05) is 47.5 Å². The van der Waals surface area contributed by atoms with Crippen LogP contribution in [0.2, 0.25) is 0 Å². The zero-order chi connectivity index (χ0) is 62.7. The molecule has 464 valence electrons. The van der Waals surface area contributed by atoms with Crippen LogP contribution in [0.3, 0.4) is 0 Å². The highest BCUT2D eigenvalue weighted by Crippen LogP contribution is 2.58. The summed E-state index contributed by atoms with van der Waals surface area (Å²) >= 11 is 0. The van der Waals surface area contributed by atoms with Crippen LogP contribution < -0.4 is 41.3 Å². The van der Waals surface area contributed by atoms with E-state index in [0.717, 1.165) is 40.7 Å². The van der Waals surface area contributed by atoms with Crippen molar-refractivity contribution in [2.45, 2.75) is 88.2 Å². The van der Waals surface area contributed by atoms with Gasteiger partial charge in [0.15, 0.2) is 12.4 Å². The number of nitrogens with two attached hydrogens (primary N) is 1. The highest BCUT2D eigenvalue weighted by atomic mass is 32.2. The molecule has 29 nitrogen and oxygen atoms in total. The van der Waals surface area contributed by atoms with Gasteiger partial charge < -0.3 is 54.9 Å². The van der Waals surface area contributed by atoms with E-state index in [9.17, 15) is 59.5 Å². The van der Waals surface area contributed by atoms with E-state index < -0.39 is 101 Å². The van der Waals surface area contributed by atoms with E-state index in [1.165, 1.54) is 40.7 Å². The SMILES string of the molecule is CC[N+](CC)=c1ccc2c(/C=C/C=C3\N(CCCS(=O)(=O)O)c4ccc(S(=O)(=O)O)cc4C3(C)CCCC(=O)NCCNC(=O)O[C@@H]3[C@H](O)[C@@H](COP(=O)(O)OP(=O)(O)O)O[C@H]3[n+]3cn(C)c4c(=O)[nH]c(N)nc43)c(C)c(-c3ccccc3)oc-2c1. The molecule has 4 aliphatic rings. The minimum absolute atomic E-state index is 0.0355. The summed E-state index contributed by atoms with van der Waals surface area (Å²) in [7, 11) is -18.7. The number of alkyl carbamates (subject to hydrolysis) is 1. The molecule has 8 rings (SSSR count). The van der Waals surface area contributed by atoms with E-state index in [-0.39, 0.29) is 62.4 Å². The number of H-pyrrole nitrogens is 1. The highest BCUT2D eigenvalue weighted by Gasteiger charge is 2.52. The minimum atomic E-state index is -5.54. The molecule has 1 saturated heterocycles. The molecular formula is C53H67N9O20P2S2+2. The Morgan fingerprint density at radius 1 is 1.00 bits per heavy atom. The number of phosphoric ester groups is 1. The van der Waals surface area contributed by atoms with E-state index in [0.29, 0.717) is 28.5 Å². The Hall–Kier alpha value is -6.96. The second-order valence-corrected chi connectivity index (χ2v) is 26.3. The Balaban J connectivity index is 1.01. The molecular weight excluding hydrogens is 1210 g/mol. The number of phosphoric acid groups is 2. The van der Waals surface area contributed by atoms with Crippen molar-refractivity contribution in [3.05, 3.63) is 123 Å². The third-order valence-electron chi connectivity index (χ3n) is 14.7. The van der Waals surface area contributed by atoms with Gasteiger partial charge in [-0.05, 0) is 88.4 Å². The molecule has 0 spiro atoms. The number of nitrogens with one attached hydrogen (secondary N) is 3. The van der Waals surface area contributed by atoms with Crippen molar-refractivity contribution in [3.63, 3.8) is 0 Å². The van der Waals surface area contributed by atoms with E-state index in [2.05, 4.69) is 47.9 Å². The smallest absolute Gasteiger partial charge is 0.456 e. The topological polar surface area (TPSA) is 419 Å². The van der Waals surface area contributed by atoms with Crippen molar-refractivity contribution in [3.8, 4) is 22.6 Å². The van der Waals surface area contributed by atoms with Gasteiger partial charge in [0.1, 0.15) is 36.8 Å². The number of amides is 2. The first-order valence-corrected chi connectivity index (χ1v) is 33.0. The minimum Gasteiger partial charge on any atom is -0.456 e. The summed E-state index contributed by atoms with van der Waals surface area (Å²) in [6, 6.07) is 19.7. The third-order valence-corrected chi connectivity index (χ3v) is 18.5. The molecule has 1 fully saturated rings. The molecule has 6 atom stereocenters. The Morgan fingerprint density at radius 3 is 2.38 bits per heavy atom. The van der Waals surface area contributed by atoms with Crippen LogP contribution >= 0.6 is 15.6 Å². The molecule has 0 bridgehead atoms. The van der Waals surface area contributed by atoms with Crippen LogP contribution in [0.25, 0.3) is 39.9 Å². The fraction of sp³-hybridized carbons (Fsp3) is 0.396. The van der Waals surface area contributed by atoms with Crippen LogP contribution in [0.1, 0.15) is 69.4 Å². The number of aromatic nitrogens is 4. The number of ether oxygens (including phenoxy) is 2. The average molecular weight is 1280 g/mol. The van der Waals surface area contributed by atoms with Gasteiger partial charge in [0.2, 0.25) is 23.0 Å². The van der Waals surface area contributed by atoms with Gasteiger partial charge in [0, 0.05) is 65.6 Å². The number of hydrogen-bond acceptors (Lipinski definition) is 18. The number of nitrogen functional groups attached to an aromatic ring is 1. The second-order valence-electron chi connectivity index (χ2n) is 20.5. The van der Waals surface area contributed by atoms with Crippen LogP contribution in [0.5, 0.6) is 0 Å². The Morgan fingerprint density at radius 2 is 1.71 bits per heavy atom. The number of aliphatic hydroxyl groups excluding tert-OH is 1. The number of carbonyl (C=O) groups excluding carboxylic acids is 2. The standard InChI is InChI=1S/C53H65N9O20P2S2/c1-6-60(7-2)34-19-21-37-36(32(3)46(79-40(37)28-34)33-14-9-8-10-15-33)16-11-17-42-53(4,38-29-35(86(75,76)77)20-22-39(38)61(42)26-13-27-85(72,73)74)23-12-18-43(63)55-24-25-56-52(66)81-47-45(64)41(30-78-84(70,71)82-83(67,68)69)80-50(47)62-31-59(5)44-48(62)57-51(54)58-49(44)65/h8-11,14-17,19-22,28-29,31,41,45,47,50,64H,6-7,12-13,18,23-27,30H2,1-5H3,(H8-2,54,55,56,57,58,63,65,66,67,68,69,70,71,72,73,74,75,76,77)/p+2/t41-,45-,47-,50-,53?/m1/s1. The van der Waals surface area contributed by atoms with Gasteiger partial charge in [0.05, 0.1) is 30.4 Å². The lowest BCUT2D eigenvalue weighted by molar-refractivity contribution is -0.745. The quantitative estimate of drug-likeness (QED) is 0.0180. The molecule has 2 aromatic heterocycles. The average Bonchev–Trinajstić information content (AvgIpc) is 1.72. The number of aromatic amines is 1. The van der Waals surface area contributed by atoms with Crippen LogP contribution in [0.4, 0.5) is 16.4 Å². The van der Waals surface area contributed by atoms with Crippen molar-refractivity contribution in [1.82, 2.24) is 29.7 Å². The van der Waals surface area contributed by atoms with Gasteiger partial charge in [-0.15, -0.1) is 0 Å². The third kappa shape index (κ3) is 15.1. The first kappa shape index (κ1) is 65.0. The van der Waals surface area contributed by atoms with Crippen molar-refractivity contribution in [2.24, 2.45) is 7.05 Å². The lowest BCUT2D eigenvalue weighted by atomic mass is 9.77. The van der Waals surface area contributed by atoms with Gasteiger partial charge in [-0.25, -0.2) is 23.1 Å². The monoisotopic (exact) mass is 1280 g/mol. The summed E-state index contributed by atoms with van der Waals surface area (Å²) in [6.07, 6.45) is -0.840. The normalized spacial score (nSPS) is 20.2. The number of rotatable bonds is 24. The van der Waals surface area contributed by atoms with Gasteiger partial charge in [-0.3, -0.25) is 32.8 Å². The predicted molar refractivity (Wildman–Crippen MR) is 311 cm³/mol. The number of carbonyl (C=O) groups is 2. The molecule has 4 aromatic rings. The van der Waals surface area contributed by atoms with Crippen molar-refractivity contribution in [1.29, 1.82) is 0 Å². The summed E-state index contributed by atoms with van der Waals surface area (Å²) in [5, 5.41) is 17.4.